The Balaban J connectivity index is 2.76. The Labute approximate surface area is 80.3 Å². The highest BCUT2D eigenvalue weighted by Crippen LogP contribution is 2.58. The van der Waals surface area contributed by atoms with Crippen molar-refractivity contribution >= 4 is 5.97 Å². The summed E-state index contributed by atoms with van der Waals surface area (Å²) in [5.41, 5.74) is 0.194. The summed E-state index contributed by atoms with van der Waals surface area (Å²) in [6, 6.07) is 0. The van der Waals surface area contributed by atoms with Crippen molar-refractivity contribution in [2.24, 2.45) is 22.7 Å². The summed E-state index contributed by atoms with van der Waals surface area (Å²) in [7, 11) is 0. The molecule has 0 bridgehead atoms. The number of hydrogen-bond donors (Lipinski definition) is 1. The number of hydrogen-bond acceptors (Lipinski definition) is 1. The van der Waals surface area contributed by atoms with E-state index in [1.807, 2.05) is 0 Å². The van der Waals surface area contributed by atoms with Crippen molar-refractivity contribution in [3.63, 3.8) is 0 Å². The van der Waals surface area contributed by atoms with Crippen LogP contribution < -0.4 is 0 Å². The number of rotatable bonds is 1. The van der Waals surface area contributed by atoms with Gasteiger partial charge in [0.2, 0.25) is 0 Å². The third kappa shape index (κ3) is 1.59. The van der Waals surface area contributed by atoms with E-state index in [9.17, 15) is 4.79 Å². The van der Waals surface area contributed by atoms with Crippen LogP contribution in [0.4, 0.5) is 0 Å². The molecule has 76 valence electrons. The maximum absolute atomic E-state index is 10.9. The van der Waals surface area contributed by atoms with Gasteiger partial charge in [-0.1, -0.05) is 34.6 Å². The Morgan fingerprint density at radius 3 is 2.08 bits per heavy atom. The average Bonchev–Trinajstić information content (AvgIpc) is 1.80. The van der Waals surface area contributed by atoms with Crippen LogP contribution in [0.2, 0.25) is 0 Å². The fourth-order valence-corrected chi connectivity index (χ4v) is 2.81. The van der Waals surface area contributed by atoms with E-state index in [2.05, 4.69) is 34.6 Å². The first kappa shape index (κ1) is 10.6. The van der Waals surface area contributed by atoms with Gasteiger partial charge in [-0.2, -0.15) is 0 Å². The van der Waals surface area contributed by atoms with Gasteiger partial charge >= 0.3 is 5.97 Å². The Hall–Kier alpha value is -0.530. The first-order valence-corrected chi connectivity index (χ1v) is 4.90. The number of carboxylic acid groups (broad SMARTS) is 1. The normalized spacial score (nSPS) is 32.4. The molecule has 1 fully saturated rings. The fourth-order valence-electron chi connectivity index (χ4n) is 2.81. The maximum Gasteiger partial charge on any atom is 0.307 e. The van der Waals surface area contributed by atoms with Crippen LogP contribution in [0.3, 0.4) is 0 Å². The summed E-state index contributed by atoms with van der Waals surface area (Å²) in [6.45, 7) is 10.7. The standard InChI is InChI=1S/C11H20O2/c1-10(2,3)8-6-7(9(12)13)11(8,4)5/h7-8H,6H2,1-5H3,(H,12,13). The van der Waals surface area contributed by atoms with Crippen LogP contribution in [0.25, 0.3) is 0 Å². The van der Waals surface area contributed by atoms with Gasteiger partial charge in [-0.25, -0.2) is 0 Å². The summed E-state index contributed by atoms with van der Waals surface area (Å²) < 4.78 is 0. The van der Waals surface area contributed by atoms with Gasteiger partial charge in [0.15, 0.2) is 0 Å². The third-order valence-corrected chi connectivity index (χ3v) is 3.61. The molecular weight excluding hydrogens is 164 g/mol. The van der Waals surface area contributed by atoms with E-state index in [4.69, 9.17) is 5.11 Å². The lowest BCUT2D eigenvalue weighted by Crippen LogP contribution is -2.53. The second kappa shape index (κ2) is 2.73. The molecule has 1 aliphatic rings. The Kier molecular flexibility index (Phi) is 2.21. The van der Waals surface area contributed by atoms with Gasteiger partial charge in [-0.05, 0) is 23.2 Å². The number of aliphatic carboxylic acids is 1. The third-order valence-electron chi connectivity index (χ3n) is 3.61. The van der Waals surface area contributed by atoms with Gasteiger partial charge in [0, 0.05) is 0 Å². The molecular formula is C11H20O2. The van der Waals surface area contributed by atoms with Gasteiger partial charge in [0.1, 0.15) is 0 Å². The quantitative estimate of drug-likeness (QED) is 0.680. The molecule has 13 heavy (non-hydrogen) atoms. The van der Waals surface area contributed by atoms with Gasteiger partial charge < -0.3 is 5.11 Å². The van der Waals surface area contributed by atoms with Gasteiger partial charge in [-0.3, -0.25) is 4.79 Å². The van der Waals surface area contributed by atoms with Crippen molar-refractivity contribution in [3.05, 3.63) is 0 Å². The highest BCUT2D eigenvalue weighted by Gasteiger charge is 2.55. The van der Waals surface area contributed by atoms with Crippen LogP contribution in [0.1, 0.15) is 41.0 Å². The van der Waals surface area contributed by atoms with E-state index in [1.165, 1.54) is 0 Å². The topological polar surface area (TPSA) is 37.3 Å². The van der Waals surface area contributed by atoms with E-state index in [1.54, 1.807) is 0 Å². The van der Waals surface area contributed by atoms with E-state index in [0.29, 0.717) is 5.92 Å². The first-order chi connectivity index (χ1) is 5.67. The minimum absolute atomic E-state index is 0.0376. The molecule has 0 aromatic carbocycles. The molecule has 0 aromatic rings. The molecule has 2 atom stereocenters. The van der Waals surface area contributed by atoms with Crippen LogP contribution in [0.5, 0.6) is 0 Å². The number of carboxylic acids is 1. The van der Waals surface area contributed by atoms with Gasteiger partial charge in [-0.15, -0.1) is 0 Å². The Morgan fingerprint density at radius 1 is 1.38 bits per heavy atom. The van der Waals surface area contributed by atoms with E-state index in [0.717, 1.165) is 6.42 Å². The second-order valence-electron chi connectivity index (χ2n) is 5.87. The average molecular weight is 184 g/mol. The van der Waals surface area contributed by atoms with E-state index in [-0.39, 0.29) is 16.7 Å². The van der Waals surface area contributed by atoms with Crippen LogP contribution in [-0.4, -0.2) is 11.1 Å². The lowest BCUT2D eigenvalue weighted by molar-refractivity contribution is -0.166. The summed E-state index contributed by atoms with van der Waals surface area (Å²) in [4.78, 5) is 10.9. The molecule has 0 saturated heterocycles. The first-order valence-electron chi connectivity index (χ1n) is 4.90. The predicted molar refractivity (Wildman–Crippen MR) is 52.5 cm³/mol. The maximum atomic E-state index is 10.9. The summed E-state index contributed by atoms with van der Waals surface area (Å²) in [6.07, 6.45) is 0.839. The predicted octanol–water partition coefficient (Wildman–Crippen LogP) is 2.78. The van der Waals surface area contributed by atoms with Crippen molar-refractivity contribution in [1.29, 1.82) is 0 Å². The molecule has 1 rings (SSSR count). The monoisotopic (exact) mass is 184 g/mol. The van der Waals surface area contributed by atoms with E-state index >= 15 is 0 Å². The lowest BCUT2D eigenvalue weighted by atomic mass is 9.48. The molecule has 1 aliphatic carbocycles. The van der Waals surface area contributed by atoms with Crippen LogP contribution in [-0.2, 0) is 4.79 Å². The van der Waals surface area contributed by atoms with Crippen molar-refractivity contribution in [1.82, 2.24) is 0 Å². The van der Waals surface area contributed by atoms with Crippen LogP contribution in [0.15, 0.2) is 0 Å². The van der Waals surface area contributed by atoms with E-state index < -0.39 is 5.97 Å². The zero-order valence-electron chi connectivity index (χ0n) is 9.22. The van der Waals surface area contributed by atoms with Gasteiger partial charge in [0.05, 0.1) is 5.92 Å². The lowest BCUT2D eigenvalue weighted by Gasteiger charge is -2.56. The summed E-state index contributed by atoms with van der Waals surface area (Å²) >= 11 is 0. The Morgan fingerprint density at radius 2 is 1.85 bits per heavy atom. The smallest absolute Gasteiger partial charge is 0.307 e. The molecule has 0 aliphatic heterocycles. The van der Waals surface area contributed by atoms with Crippen molar-refractivity contribution in [2.45, 2.75) is 41.0 Å². The summed E-state index contributed by atoms with van der Waals surface area (Å²) in [5.74, 6) is -0.247. The second-order valence-corrected chi connectivity index (χ2v) is 5.87. The number of carbonyl (C=O) groups is 1. The zero-order chi connectivity index (χ0) is 10.4. The Bertz CT molecular complexity index is 223. The van der Waals surface area contributed by atoms with Crippen molar-refractivity contribution < 1.29 is 9.90 Å². The van der Waals surface area contributed by atoms with Crippen LogP contribution >= 0.6 is 0 Å². The molecule has 0 heterocycles. The molecule has 0 radical (unpaired) electrons. The molecule has 1 saturated carbocycles. The minimum Gasteiger partial charge on any atom is -0.481 e. The van der Waals surface area contributed by atoms with Crippen molar-refractivity contribution in [2.75, 3.05) is 0 Å². The molecule has 0 amide bonds. The minimum atomic E-state index is -0.634. The SMILES string of the molecule is CC(C)(C)C1CC(C(=O)O)C1(C)C. The molecule has 2 nitrogen and oxygen atoms in total. The largest absolute Gasteiger partial charge is 0.481 e. The molecule has 1 N–H and O–H groups in total. The molecule has 0 spiro atoms. The molecule has 2 unspecified atom stereocenters. The molecule has 2 heteroatoms. The fraction of sp³-hybridized carbons (Fsp3) is 0.909. The van der Waals surface area contributed by atoms with Crippen molar-refractivity contribution in [3.8, 4) is 0 Å². The zero-order valence-corrected chi connectivity index (χ0v) is 9.22. The highest BCUT2D eigenvalue weighted by molar-refractivity contribution is 5.72. The van der Waals surface area contributed by atoms with Crippen LogP contribution in [0, 0.1) is 22.7 Å². The van der Waals surface area contributed by atoms with Gasteiger partial charge in [0.25, 0.3) is 0 Å². The summed E-state index contributed by atoms with van der Waals surface area (Å²) in [5, 5.41) is 8.95. The highest BCUT2D eigenvalue weighted by atomic mass is 16.4. The molecule has 0 aromatic heterocycles.